The van der Waals surface area contributed by atoms with E-state index in [0.717, 1.165) is 5.56 Å². The maximum absolute atomic E-state index is 7.02. The first kappa shape index (κ1) is 10.6. The summed E-state index contributed by atoms with van der Waals surface area (Å²) in [6.45, 7) is 4.96. The fourth-order valence-electron chi connectivity index (χ4n) is 1.22. The molecule has 0 radical (unpaired) electrons. The summed E-state index contributed by atoms with van der Waals surface area (Å²) in [4.78, 5) is 0. The largest absolute Gasteiger partial charge is 0.370 e. The van der Waals surface area contributed by atoms with Crippen LogP contribution in [0.4, 0.5) is 0 Å². The molecule has 1 aromatic rings. The average Bonchev–Trinajstić information content (AvgIpc) is 2.15. The first-order valence-electron chi connectivity index (χ1n) is 4.76. The van der Waals surface area contributed by atoms with Gasteiger partial charge in [0.15, 0.2) is 5.96 Å². The lowest BCUT2D eigenvalue weighted by Crippen LogP contribution is -2.29. The van der Waals surface area contributed by atoms with Gasteiger partial charge in [0.2, 0.25) is 0 Å². The molecule has 76 valence electrons. The van der Waals surface area contributed by atoms with Gasteiger partial charge in [-0.05, 0) is 17.0 Å². The minimum absolute atomic E-state index is 0.0120. The third-order valence-corrected chi connectivity index (χ3v) is 2.13. The van der Waals surface area contributed by atoms with Crippen molar-refractivity contribution in [3.63, 3.8) is 0 Å². The SMILES string of the molecule is CC(C)c1ccc(CNC(=N)N)cc1. The number of hydrogen-bond donors (Lipinski definition) is 3. The summed E-state index contributed by atoms with van der Waals surface area (Å²) in [5.41, 5.74) is 7.66. The van der Waals surface area contributed by atoms with Crippen molar-refractivity contribution in [3.05, 3.63) is 35.4 Å². The lowest BCUT2D eigenvalue weighted by atomic mass is 10.0. The number of benzene rings is 1. The molecule has 14 heavy (non-hydrogen) atoms. The van der Waals surface area contributed by atoms with Crippen LogP contribution in [0, 0.1) is 5.41 Å². The summed E-state index contributed by atoms with van der Waals surface area (Å²) in [6, 6.07) is 8.35. The van der Waals surface area contributed by atoms with Crippen LogP contribution in [-0.4, -0.2) is 5.96 Å². The lowest BCUT2D eigenvalue weighted by molar-refractivity contribution is 0.857. The zero-order chi connectivity index (χ0) is 10.6. The highest BCUT2D eigenvalue weighted by atomic mass is 15.0. The second-order valence-electron chi connectivity index (χ2n) is 3.66. The van der Waals surface area contributed by atoms with Gasteiger partial charge in [-0.2, -0.15) is 0 Å². The molecule has 0 atom stereocenters. The van der Waals surface area contributed by atoms with E-state index in [4.69, 9.17) is 11.1 Å². The molecule has 1 aromatic carbocycles. The van der Waals surface area contributed by atoms with Gasteiger partial charge in [-0.15, -0.1) is 0 Å². The smallest absolute Gasteiger partial charge is 0.185 e. The molecule has 0 fully saturated rings. The number of nitrogens with one attached hydrogen (secondary N) is 2. The molecule has 1 rings (SSSR count). The highest BCUT2D eigenvalue weighted by Gasteiger charge is 1.98. The van der Waals surface area contributed by atoms with Gasteiger partial charge < -0.3 is 11.1 Å². The predicted molar refractivity (Wildman–Crippen MR) is 59.3 cm³/mol. The minimum Gasteiger partial charge on any atom is -0.370 e. The van der Waals surface area contributed by atoms with Gasteiger partial charge in [0, 0.05) is 6.54 Å². The molecular formula is C11H17N3. The second kappa shape index (κ2) is 4.65. The number of hydrogen-bond acceptors (Lipinski definition) is 1. The van der Waals surface area contributed by atoms with E-state index in [0.29, 0.717) is 12.5 Å². The van der Waals surface area contributed by atoms with E-state index >= 15 is 0 Å². The fraction of sp³-hybridized carbons (Fsp3) is 0.364. The predicted octanol–water partition coefficient (Wildman–Crippen LogP) is 1.79. The molecular weight excluding hydrogens is 174 g/mol. The van der Waals surface area contributed by atoms with Crippen LogP contribution in [0.3, 0.4) is 0 Å². The molecule has 0 aliphatic heterocycles. The van der Waals surface area contributed by atoms with E-state index in [-0.39, 0.29) is 5.96 Å². The van der Waals surface area contributed by atoms with Crippen LogP contribution in [0.5, 0.6) is 0 Å². The third kappa shape index (κ3) is 3.09. The zero-order valence-corrected chi connectivity index (χ0v) is 8.67. The van der Waals surface area contributed by atoms with E-state index in [1.165, 1.54) is 5.56 Å². The number of nitrogens with two attached hydrogens (primary N) is 1. The van der Waals surface area contributed by atoms with Gasteiger partial charge in [-0.1, -0.05) is 38.1 Å². The normalized spacial score (nSPS) is 10.2. The van der Waals surface area contributed by atoms with Crippen molar-refractivity contribution >= 4 is 5.96 Å². The Labute approximate surface area is 84.8 Å². The summed E-state index contributed by atoms with van der Waals surface area (Å²) in [5, 5.41) is 9.79. The Hall–Kier alpha value is -1.51. The Morgan fingerprint density at radius 3 is 2.36 bits per heavy atom. The average molecular weight is 191 g/mol. The molecule has 0 heterocycles. The van der Waals surface area contributed by atoms with E-state index in [1.54, 1.807) is 0 Å². The Morgan fingerprint density at radius 2 is 1.93 bits per heavy atom. The maximum Gasteiger partial charge on any atom is 0.185 e. The van der Waals surface area contributed by atoms with Gasteiger partial charge in [-0.25, -0.2) is 0 Å². The zero-order valence-electron chi connectivity index (χ0n) is 8.67. The van der Waals surface area contributed by atoms with Crippen LogP contribution < -0.4 is 11.1 Å². The van der Waals surface area contributed by atoms with E-state index in [1.807, 2.05) is 0 Å². The fourth-order valence-corrected chi connectivity index (χ4v) is 1.22. The van der Waals surface area contributed by atoms with Crippen molar-refractivity contribution in [2.24, 2.45) is 5.73 Å². The van der Waals surface area contributed by atoms with Crippen molar-refractivity contribution in [1.82, 2.24) is 5.32 Å². The molecule has 0 amide bonds. The number of rotatable bonds is 3. The quantitative estimate of drug-likeness (QED) is 0.504. The molecule has 3 nitrogen and oxygen atoms in total. The summed E-state index contributed by atoms with van der Waals surface area (Å²) in [6.07, 6.45) is 0. The molecule has 0 bridgehead atoms. The van der Waals surface area contributed by atoms with Crippen LogP contribution in [0.15, 0.2) is 24.3 Å². The Balaban J connectivity index is 2.59. The van der Waals surface area contributed by atoms with Crippen LogP contribution in [0.25, 0.3) is 0 Å². The maximum atomic E-state index is 7.02. The van der Waals surface area contributed by atoms with Crippen molar-refractivity contribution in [2.75, 3.05) is 0 Å². The molecule has 4 N–H and O–H groups in total. The first-order chi connectivity index (χ1) is 6.59. The summed E-state index contributed by atoms with van der Waals surface area (Å²) >= 11 is 0. The highest BCUT2D eigenvalue weighted by molar-refractivity contribution is 5.74. The van der Waals surface area contributed by atoms with E-state index in [9.17, 15) is 0 Å². The monoisotopic (exact) mass is 191 g/mol. The summed E-state index contributed by atoms with van der Waals surface area (Å²) < 4.78 is 0. The van der Waals surface area contributed by atoms with Crippen molar-refractivity contribution < 1.29 is 0 Å². The minimum atomic E-state index is 0.0120. The standard InChI is InChI=1S/C11H17N3/c1-8(2)10-5-3-9(4-6-10)7-14-11(12)13/h3-6,8H,7H2,1-2H3,(H4,12,13,14). The molecule has 0 aliphatic carbocycles. The van der Waals surface area contributed by atoms with Gasteiger partial charge >= 0.3 is 0 Å². The second-order valence-corrected chi connectivity index (χ2v) is 3.66. The molecule has 0 aliphatic rings. The van der Waals surface area contributed by atoms with Crippen LogP contribution in [0.1, 0.15) is 30.9 Å². The van der Waals surface area contributed by atoms with Crippen molar-refractivity contribution in [1.29, 1.82) is 5.41 Å². The van der Waals surface area contributed by atoms with Gasteiger partial charge in [0.25, 0.3) is 0 Å². The first-order valence-corrected chi connectivity index (χ1v) is 4.76. The van der Waals surface area contributed by atoms with E-state index in [2.05, 4.69) is 43.4 Å². The third-order valence-electron chi connectivity index (χ3n) is 2.13. The van der Waals surface area contributed by atoms with Crippen molar-refractivity contribution in [3.8, 4) is 0 Å². The Morgan fingerprint density at radius 1 is 1.36 bits per heavy atom. The molecule has 3 heteroatoms. The highest BCUT2D eigenvalue weighted by Crippen LogP contribution is 2.14. The van der Waals surface area contributed by atoms with Crippen LogP contribution in [0.2, 0.25) is 0 Å². The van der Waals surface area contributed by atoms with Gasteiger partial charge in [0.05, 0.1) is 0 Å². The van der Waals surface area contributed by atoms with Crippen LogP contribution >= 0.6 is 0 Å². The van der Waals surface area contributed by atoms with Crippen LogP contribution in [-0.2, 0) is 6.54 Å². The molecule has 0 saturated heterocycles. The topological polar surface area (TPSA) is 61.9 Å². The van der Waals surface area contributed by atoms with E-state index < -0.39 is 0 Å². The van der Waals surface area contributed by atoms with Gasteiger partial charge in [0.1, 0.15) is 0 Å². The summed E-state index contributed by atoms with van der Waals surface area (Å²) in [7, 11) is 0. The molecule has 0 spiro atoms. The number of guanidine groups is 1. The Bertz CT molecular complexity index is 301. The van der Waals surface area contributed by atoms with Gasteiger partial charge in [-0.3, -0.25) is 5.41 Å². The molecule has 0 aromatic heterocycles. The summed E-state index contributed by atoms with van der Waals surface area (Å²) in [5.74, 6) is 0.572. The lowest BCUT2D eigenvalue weighted by Gasteiger charge is -2.07. The molecule has 0 unspecified atom stereocenters. The Kier molecular flexibility index (Phi) is 3.51. The molecule has 0 saturated carbocycles. The van der Waals surface area contributed by atoms with Crippen molar-refractivity contribution in [2.45, 2.75) is 26.3 Å².